The van der Waals surface area contributed by atoms with Gasteiger partial charge in [-0.15, -0.1) is 0 Å². The number of aldehydes is 1. The molecule has 0 saturated heterocycles. The fourth-order valence-electron chi connectivity index (χ4n) is 3.22. The number of hydrogen-bond acceptors (Lipinski definition) is 6. The lowest BCUT2D eigenvalue weighted by Gasteiger charge is -2.26. The molecule has 0 aromatic rings. The summed E-state index contributed by atoms with van der Waals surface area (Å²) in [6.07, 6.45) is 10.00. The highest BCUT2D eigenvalue weighted by molar-refractivity contribution is 14.1. The van der Waals surface area contributed by atoms with E-state index in [2.05, 4.69) is 26.2 Å². The van der Waals surface area contributed by atoms with Gasteiger partial charge in [-0.25, -0.2) is 0 Å². The summed E-state index contributed by atoms with van der Waals surface area (Å²) in [6, 6.07) is -0.544. The zero-order chi connectivity index (χ0) is 24.8. The van der Waals surface area contributed by atoms with E-state index in [4.69, 9.17) is 5.73 Å². The van der Waals surface area contributed by atoms with Crippen LogP contribution >= 0.6 is 22.9 Å². The summed E-state index contributed by atoms with van der Waals surface area (Å²) in [7, 11) is 0.0331. The van der Waals surface area contributed by atoms with Crippen molar-refractivity contribution in [2.24, 2.45) is 11.7 Å². The number of carbonyl (C=O) groups is 4. The van der Waals surface area contributed by atoms with E-state index >= 15 is 0 Å². The Morgan fingerprint density at radius 2 is 1.66 bits per heavy atom. The maximum atomic E-state index is 12.5. The topological polar surface area (TPSA) is 130 Å². The second-order valence-electron chi connectivity index (χ2n) is 9.33. The maximum Gasteiger partial charge on any atom is 0.286 e. The Morgan fingerprint density at radius 1 is 1.09 bits per heavy atom. The van der Waals surface area contributed by atoms with E-state index in [9.17, 15) is 19.2 Å². The van der Waals surface area contributed by atoms with Crippen molar-refractivity contribution in [3.63, 3.8) is 0 Å². The predicted octanol–water partition coefficient (Wildman–Crippen LogP) is 2.04. The molecule has 0 fully saturated rings. The maximum absolute atomic E-state index is 12.5. The fourth-order valence-corrected chi connectivity index (χ4v) is 3.84. The van der Waals surface area contributed by atoms with E-state index in [0.29, 0.717) is 19.3 Å². The number of rotatable bonds is 17. The van der Waals surface area contributed by atoms with Gasteiger partial charge in [-0.1, -0.05) is 26.0 Å². The molecule has 32 heavy (non-hydrogen) atoms. The molecular formula is C22H40BIN4O4. The van der Waals surface area contributed by atoms with E-state index in [0.717, 1.165) is 32.0 Å². The van der Waals surface area contributed by atoms with Crippen molar-refractivity contribution in [1.29, 1.82) is 0 Å². The first kappa shape index (κ1) is 30.7. The molecule has 5 N–H and O–H groups in total. The van der Waals surface area contributed by atoms with Crippen molar-refractivity contribution in [2.75, 3.05) is 0 Å². The molecule has 0 radical (unpaired) electrons. The summed E-state index contributed by atoms with van der Waals surface area (Å²) in [5, 5.41) is 5.78. The summed E-state index contributed by atoms with van der Waals surface area (Å²) >= 11 is 1.79. The smallest absolute Gasteiger partial charge is 0.286 e. The molecule has 0 spiro atoms. The summed E-state index contributed by atoms with van der Waals surface area (Å²) < 4.78 is 2.55. The van der Waals surface area contributed by atoms with Gasteiger partial charge < -0.3 is 25.9 Å². The quantitative estimate of drug-likeness (QED) is 0.0537. The SMILES string of the molecule is CC(=O)N[C@@H](CC(C)C)C(=O)BN[C@](C)(C=O)CCC/C=C\CCC[C@](C)(N)C(=O)NI. The van der Waals surface area contributed by atoms with Crippen LogP contribution in [-0.2, 0) is 19.2 Å². The molecule has 0 heterocycles. The van der Waals surface area contributed by atoms with Gasteiger partial charge in [-0.3, -0.25) is 13.1 Å². The van der Waals surface area contributed by atoms with Crippen LogP contribution in [0.2, 0.25) is 0 Å². The monoisotopic (exact) mass is 562 g/mol. The molecule has 0 rings (SSSR count). The van der Waals surface area contributed by atoms with Gasteiger partial charge in [0.05, 0.1) is 40.0 Å². The predicted molar refractivity (Wildman–Crippen MR) is 138 cm³/mol. The molecule has 10 heteroatoms. The van der Waals surface area contributed by atoms with E-state index in [1.807, 2.05) is 13.8 Å². The highest BCUT2D eigenvalue weighted by Crippen LogP contribution is 2.14. The molecule has 2 amide bonds. The first-order chi connectivity index (χ1) is 14.9. The lowest BCUT2D eigenvalue weighted by Crippen LogP contribution is -2.53. The second kappa shape index (κ2) is 15.6. The highest BCUT2D eigenvalue weighted by atomic mass is 127. The van der Waals surface area contributed by atoms with E-state index in [-0.39, 0.29) is 30.8 Å². The van der Waals surface area contributed by atoms with Crippen molar-refractivity contribution >= 4 is 54.1 Å². The van der Waals surface area contributed by atoms with Crippen molar-refractivity contribution < 1.29 is 19.2 Å². The summed E-state index contributed by atoms with van der Waals surface area (Å²) in [5.74, 6) is -0.144. The number of nitrogens with two attached hydrogens (primary N) is 1. The third-order valence-corrected chi connectivity index (χ3v) is 5.79. The summed E-state index contributed by atoms with van der Waals surface area (Å²) in [5.41, 5.74) is 4.21. The van der Waals surface area contributed by atoms with E-state index in [1.165, 1.54) is 6.92 Å². The molecule has 8 nitrogen and oxygen atoms in total. The van der Waals surface area contributed by atoms with Gasteiger partial charge in [0, 0.05) is 6.92 Å². The van der Waals surface area contributed by atoms with Gasteiger partial charge >= 0.3 is 0 Å². The summed E-state index contributed by atoms with van der Waals surface area (Å²) in [4.78, 5) is 47.2. The normalized spacial score (nSPS) is 16.1. The third-order valence-electron chi connectivity index (χ3n) is 5.30. The number of halogens is 1. The number of nitrogens with one attached hydrogen (secondary N) is 3. The zero-order valence-electron chi connectivity index (χ0n) is 20.1. The van der Waals surface area contributed by atoms with Crippen LogP contribution in [0.3, 0.4) is 0 Å². The molecule has 3 atom stereocenters. The number of amides is 2. The highest BCUT2D eigenvalue weighted by Gasteiger charge is 2.28. The molecule has 0 bridgehead atoms. The molecule has 0 saturated carbocycles. The van der Waals surface area contributed by atoms with Crippen LogP contribution in [0.5, 0.6) is 0 Å². The van der Waals surface area contributed by atoms with Crippen LogP contribution in [0.25, 0.3) is 0 Å². The zero-order valence-corrected chi connectivity index (χ0v) is 22.3. The lowest BCUT2D eigenvalue weighted by atomic mass is 9.76. The summed E-state index contributed by atoms with van der Waals surface area (Å²) in [6.45, 7) is 8.90. The minimum atomic E-state index is -0.863. The number of hydrogen-bond donors (Lipinski definition) is 4. The molecule has 0 aliphatic carbocycles. The Hall–Kier alpha value is -1.27. The van der Waals surface area contributed by atoms with Gasteiger partial charge in [0.1, 0.15) is 12.0 Å². The molecule has 0 aromatic heterocycles. The Balaban J connectivity index is 4.39. The van der Waals surface area contributed by atoms with Crippen molar-refractivity contribution in [1.82, 2.24) is 14.1 Å². The minimum Gasteiger partial charge on any atom is -0.347 e. The van der Waals surface area contributed by atoms with Crippen LogP contribution in [0.15, 0.2) is 12.2 Å². The first-order valence-corrected chi connectivity index (χ1v) is 12.3. The van der Waals surface area contributed by atoms with Gasteiger partial charge in [0.25, 0.3) is 7.41 Å². The van der Waals surface area contributed by atoms with Crippen molar-refractivity contribution in [2.45, 2.75) is 96.7 Å². The molecule has 0 unspecified atom stereocenters. The van der Waals surface area contributed by atoms with Crippen molar-refractivity contribution in [3.05, 3.63) is 12.2 Å². The van der Waals surface area contributed by atoms with Crippen LogP contribution in [0.1, 0.15) is 79.6 Å². The van der Waals surface area contributed by atoms with Crippen LogP contribution in [-0.4, -0.2) is 48.3 Å². The van der Waals surface area contributed by atoms with Crippen molar-refractivity contribution in [3.8, 4) is 0 Å². The number of unbranched alkanes of at least 4 members (excludes halogenated alkanes) is 2. The Kier molecular flexibility index (Phi) is 14.9. The second-order valence-corrected chi connectivity index (χ2v) is 9.87. The molecule has 0 aliphatic rings. The Bertz CT molecular complexity index is 658. The minimum absolute atomic E-state index is 0.0331. The average Bonchev–Trinajstić information content (AvgIpc) is 2.72. The van der Waals surface area contributed by atoms with E-state index < -0.39 is 17.1 Å². The van der Waals surface area contributed by atoms with E-state index in [1.54, 1.807) is 36.7 Å². The lowest BCUT2D eigenvalue weighted by molar-refractivity contribution is -0.124. The Morgan fingerprint density at radius 3 is 2.12 bits per heavy atom. The third kappa shape index (κ3) is 13.3. The van der Waals surface area contributed by atoms with Crippen LogP contribution in [0.4, 0.5) is 0 Å². The largest absolute Gasteiger partial charge is 0.347 e. The van der Waals surface area contributed by atoms with Crippen LogP contribution in [0, 0.1) is 5.92 Å². The standard InChI is InChI=1S/C22H40BIN4O4/c1-16(2)14-18(26-17(3)30)19(31)23-28-21(4,15-29)12-10-8-6-7-9-11-13-22(5,25)20(32)27-24/h6-7,15-16,18,23,28H,8-14,25H2,1-5H3,(H,26,30)(H,27,32)/b7-6-/t18-,21-,22-/m0/s1. The molecule has 182 valence electrons. The average molecular weight is 562 g/mol. The van der Waals surface area contributed by atoms with Gasteiger partial charge in [-0.2, -0.15) is 0 Å². The van der Waals surface area contributed by atoms with Gasteiger partial charge in [0.2, 0.25) is 11.8 Å². The Labute approximate surface area is 207 Å². The molecular weight excluding hydrogens is 522 g/mol. The van der Waals surface area contributed by atoms with Gasteiger partial charge in [-0.05, 0) is 64.7 Å². The molecule has 0 aliphatic heterocycles. The first-order valence-electron chi connectivity index (χ1n) is 11.2. The molecule has 0 aromatic carbocycles. The van der Waals surface area contributed by atoms with Gasteiger partial charge in [0.15, 0.2) is 0 Å². The fraction of sp³-hybridized carbons (Fsp3) is 0.727. The van der Waals surface area contributed by atoms with Crippen LogP contribution < -0.4 is 19.8 Å². The number of allylic oxidation sites excluding steroid dienone is 2. The number of carbonyl (C=O) groups excluding carboxylic acids is 4.